The summed E-state index contributed by atoms with van der Waals surface area (Å²) in [6.07, 6.45) is 4.66. The molecule has 0 amide bonds. The Morgan fingerprint density at radius 2 is 2.05 bits per heavy atom. The van der Waals surface area contributed by atoms with Gasteiger partial charge < -0.3 is 4.90 Å². The Kier molecular flexibility index (Phi) is 3.15. The molecular formula is C15H16FN3. The largest absolute Gasteiger partial charge is 0.334 e. The van der Waals surface area contributed by atoms with Crippen LogP contribution >= 0.6 is 0 Å². The van der Waals surface area contributed by atoms with Gasteiger partial charge in [0.15, 0.2) is 5.82 Å². The maximum atomic E-state index is 12.9. The van der Waals surface area contributed by atoms with Crippen LogP contribution < -0.4 is 4.90 Å². The van der Waals surface area contributed by atoms with Gasteiger partial charge in [0, 0.05) is 6.54 Å². The highest BCUT2D eigenvalue weighted by atomic mass is 19.1. The summed E-state index contributed by atoms with van der Waals surface area (Å²) in [6, 6.07) is 8.81. The molecule has 0 saturated carbocycles. The Morgan fingerprint density at radius 3 is 2.79 bits per heavy atom. The minimum Gasteiger partial charge on any atom is -0.334 e. The van der Waals surface area contributed by atoms with Crippen molar-refractivity contribution in [2.75, 3.05) is 11.4 Å². The van der Waals surface area contributed by atoms with E-state index >= 15 is 0 Å². The fourth-order valence-electron chi connectivity index (χ4n) is 2.68. The third kappa shape index (κ3) is 2.43. The van der Waals surface area contributed by atoms with Crippen LogP contribution in [0.25, 0.3) is 0 Å². The molecule has 4 heteroatoms. The van der Waals surface area contributed by atoms with Crippen LogP contribution in [0.5, 0.6) is 0 Å². The second-order valence-corrected chi connectivity index (χ2v) is 4.97. The maximum absolute atomic E-state index is 12.9. The van der Waals surface area contributed by atoms with Crippen molar-refractivity contribution in [3.8, 4) is 0 Å². The quantitative estimate of drug-likeness (QED) is 0.826. The third-order valence-corrected chi connectivity index (χ3v) is 3.54. The molecule has 0 aliphatic carbocycles. The summed E-state index contributed by atoms with van der Waals surface area (Å²) in [5, 5.41) is 0. The first-order chi connectivity index (χ1) is 9.24. The number of rotatable bonds is 2. The Balaban J connectivity index is 1.91. The molecule has 0 unspecified atom stereocenters. The van der Waals surface area contributed by atoms with Gasteiger partial charge in [-0.25, -0.2) is 14.4 Å². The number of nitrogens with zero attached hydrogens (tertiary/aromatic N) is 3. The van der Waals surface area contributed by atoms with E-state index in [9.17, 15) is 4.39 Å². The van der Waals surface area contributed by atoms with Crippen molar-refractivity contribution in [1.29, 1.82) is 0 Å². The van der Waals surface area contributed by atoms with E-state index in [1.807, 2.05) is 0 Å². The fourth-order valence-corrected chi connectivity index (χ4v) is 2.68. The molecule has 1 aliphatic rings. The minimum absolute atomic E-state index is 0.297. The maximum Gasteiger partial charge on any atom is 0.225 e. The third-order valence-electron chi connectivity index (χ3n) is 3.54. The number of aryl methyl sites for hydroxylation is 1. The predicted octanol–water partition coefficient (Wildman–Crippen LogP) is 3.27. The molecule has 3 nitrogen and oxygen atoms in total. The van der Waals surface area contributed by atoms with Crippen molar-refractivity contribution >= 4 is 5.95 Å². The van der Waals surface area contributed by atoms with E-state index in [4.69, 9.17) is 0 Å². The summed E-state index contributed by atoms with van der Waals surface area (Å²) in [5.74, 6) is 0.223. The smallest absolute Gasteiger partial charge is 0.225 e. The normalized spacial score (nSPS) is 18.8. The molecule has 1 aromatic heterocycles. The number of halogens is 1. The summed E-state index contributed by atoms with van der Waals surface area (Å²) in [4.78, 5) is 10.4. The Morgan fingerprint density at radius 1 is 1.26 bits per heavy atom. The molecule has 3 rings (SSSR count). The van der Waals surface area contributed by atoms with Crippen molar-refractivity contribution in [3.05, 3.63) is 53.6 Å². The summed E-state index contributed by atoms with van der Waals surface area (Å²) >= 11 is 0. The van der Waals surface area contributed by atoms with Crippen molar-refractivity contribution < 1.29 is 4.39 Å². The van der Waals surface area contributed by atoms with E-state index in [0.717, 1.165) is 19.4 Å². The lowest BCUT2D eigenvalue weighted by Gasteiger charge is -2.25. The zero-order valence-corrected chi connectivity index (χ0v) is 10.9. The Labute approximate surface area is 112 Å². The van der Waals surface area contributed by atoms with Crippen LogP contribution in [0.3, 0.4) is 0 Å². The molecule has 1 aliphatic heterocycles. The summed E-state index contributed by atoms with van der Waals surface area (Å²) < 4.78 is 12.9. The summed E-state index contributed by atoms with van der Waals surface area (Å²) in [7, 11) is 0. The van der Waals surface area contributed by atoms with Crippen LogP contribution in [0.15, 0.2) is 36.7 Å². The van der Waals surface area contributed by atoms with E-state index in [0.29, 0.717) is 12.0 Å². The number of benzene rings is 1. The highest BCUT2D eigenvalue weighted by Gasteiger charge is 2.27. The lowest BCUT2D eigenvalue weighted by atomic mass is 10.0. The molecule has 19 heavy (non-hydrogen) atoms. The second-order valence-electron chi connectivity index (χ2n) is 4.97. The highest BCUT2D eigenvalue weighted by molar-refractivity contribution is 5.39. The number of hydrogen-bond acceptors (Lipinski definition) is 3. The zero-order valence-electron chi connectivity index (χ0n) is 10.9. The molecule has 2 aromatic rings. The first kappa shape index (κ1) is 12.1. The predicted molar refractivity (Wildman–Crippen MR) is 72.5 cm³/mol. The van der Waals surface area contributed by atoms with Gasteiger partial charge in [-0.15, -0.1) is 0 Å². The molecule has 1 fully saturated rings. The van der Waals surface area contributed by atoms with Crippen LogP contribution in [-0.2, 0) is 0 Å². The van der Waals surface area contributed by atoms with Crippen molar-refractivity contribution in [2.45, 2.75) is 25.8 Å². The number of anilines is 1. The standard InChI is InChI=1S/C15H16FN3/c1-11-4-2-5-12(8-11)14-6-3-7-19(14)15-17-9-13(16)10-18-15/h2,4-5,8-10,14H,3,6-7H2,1H3/t14-/m0/s1. The van der Waals surface area contributed by atoms with Gasteiger partial charge in [-0.05, 0) is 25.3 Å². The van der Waals surface area contributed by atoms with E-state index in [1.54, 1.807) is 0 Å². The molecule has 0 N–H and O–H groups in total. The van der Waals surface area contributed by atoms with Crippen LogP contribution in [0.4, 0.5) is 10.3 Å². The van der Waals surface area contributed by atoms with Gasteiger partial charge >= 0.3 is 0 Å². The van der Waals surface area contributed by atoms with E-state index in [-0.39, 0.29) is 0 Å². The minimum atomic E-state index is -0.393. The molecular weight excluding hydrogens is 241 g/mol. The summed E-state index contributed by atoms with van der Waals surface area (Å²) in [6.45, 7) is 3.02. The van der Waals surface area contributed by atoms with Gasteiger partial charge in [-0.3, -0.25) is 0 Å². The molecule has 2 heterocycles. The molecule has 0 bridgehead atoms. The van der Waals surface area contributed by atoms with Crippen LogP contribution in [0, 0.1) is 12.7 Å². The first-order valence-corrected chi connectivity index (χ1v) is 6.55. The molecule has 1 atom stereocenters. The zero-order chi connectivity index (χ0) is 13.2. The van der Waals surface area contributed by atoms with Crippen molar-refractivity contribution in [3.63, 3.8) is 0 Å². The van der Waals surface area contributed by atoms with E-state index in [1.165, 1.54) is 23.5 Å². The molecule has 1 saturated heterocycles. The van der Waals surface area contributed by atoms with Crippen LogP contribution in [0.1, 0.15) is 30.0 Å². The Hall–Kier alpha value is -1.97. The van der Waals surface area contributed by atoms with E-state index in [2.05, 4.69) is 46.1 Å². The average molecular weight is 257 g/mol. The first-order valence-electron chi connectivity index (χ1n) is 6.55. The van der Waals surface area contributed by atoms with Gasteiger partial charge in [-0.1, -0.05) is 29.8 Å². The SMILES string of the molecule is Cc1cccc([C@@H]2CCCN2c2ncc(F)cn2)c1. The summed E-state index contributed by atoms with van der Waals surface area (Å²) in [5.41, 5.74) is 2.54. The van der Waals surface area contributed by atoms with Gasteiger partial charge in [0.25, 0.3) is 0 Å². The van der Waals surface area contributed by atoms with Crippen molar-refractivity contribution in [1.82, 2.24) is 9.97 Å². The Bertz CT molecular complexity index is 568. The monoisotopic (exact) mass is 257 g/mol. The average Bonchev–Trinajstić information content (AvgIpc) is 2.89. The van der Waals surface area contributed by atoms with Gasteiger partial charge in [0.2, 0.25) is 5.95 Å². The second kappa shape index (κ2) is 4.96. The highest BCUT2D eigenvalue weighted by Crippen LogP contribution is 2.34. The molecule has 98 valence electrons. The lowest BCUT2D eigenvalue weighted by molar-refractivity contribution is 0.609. The van der Waals surface area contributed by atoms with Crippen molar-refractivity contribution in [2.24, 2.45) is 0 Å². The van der Waals surface area contributed by atoms with Gasteiger partial charge in [0.05, 0.1) is 18.4 Å². The van der Waals surface area contributed by atoms with E-state index < -0.39 is 5.82 Å². The van der Waals surface area contributed by atoms with Gasteiger partial charge in [0.1, 0.15) is 0 Å². The lowest BCUT2D eigenvalue weighted by Crippen LogP contribution is -2.24. The number of hydrogen-bond donors (Lipinski definition) is 0. The molecule has 1 aromatic carbocycles. The van der Waals surface area contributed by atoms with Crippen LogP contribution in [-0.4, -0.2) is 16.5 Å². The topological polar surface area (TPSA) is 29.0 Å². The fraction of sp³-hybridized carbons (Fsp3) is 0.333. The van der Waals surface area contributed by atoms with Crippen LogP contribution in [0.2, 0.25) is 0 Å². The molecule has 0 radical (unpaired) electrons. The van der Waals surface area contributed by atoms with Gasteiger partial charge in [-0.2, -0.15) is 0 Å². The number of aromatic nitrogens is 2. The molecule has 0 spiro atoms.